The van der Waals surface area contributed by atoms with Crippen LogP contribution in [0.15, 0.2) is 9.72 Å². The number of nitrogens with zero attached hydrogens (tertiary/aromatic N) is 2. The van der Waals surface area contributed by atoms with Crippen LogP contribution in [-0.4, -0.2) is 54.8 Å². The third kappa shape index (κ3) is 3.28. The Labute approximate surface area is 114 Å². The predicted molar refractivity (Wildman–Crippen MR) is 67.6 cm³/mol. The molecule has 0 atom stereocenters. The Kier molecular flexibility index (Phi) is 4.97. The van der Waals surface area contributed by atoms with Gasteiger partial charge in [-0.25, -0.2) is 18.2 Å². The lowest BCUT2D eigenvalue weighted by Crippen LogP contribution is -2.39. The minimum absolute atomic E-state index is 0.0483. The molecule has 0 radical (unpaired) electrons. The molecule has 0 aliphatic carbocycles. The quantitative estimate of drug-likeness (QED) is 0.738. The van der Waals surface area contributed by atoms with Crippen molar-refractivity contribution in [1.82, 2.24) is 14.6 Å². The summed E-state index contributed by atoms with van der Waals surface area (Å²) in [6.45, 7) is 1.24. The van der Waals surface area contributed by atoms with Gasteiger partial charge in [0, 0.05) is 13.6 Å². The Morgan fingerprint density at radius 2 is 2.16 bits per heavy atom. The fraction of sp³-hybridized carbons (Fsp3) is 0.444. The molecule has 0 unspecified atom stereocenters. The van der Waals surface area contributed by atoms with E-state index in [1.807, 2.05) is 0 Å². The van der Waals surface area contributed by atoms with Crippen molar-refractivity contribution in [2.45, 2.75) is 11.1 Å². The molecule has 19 heavy (non-hydrogen) atoms. The molecular formula is C9H13N3O5S2. The Morgan fingerprint density at radius 1 is 1.53 bits per heavy atom. The Bertz CT molecular complexity index is 580. The third-order valence-electron chi connectivity index (χ3n) is 2.26. The SMILES string of the molecule is CCN(CC(=O)NC)S(=O)(=O)c1scnc1C(=O)O. The van der Waals surface area contributed by atoms with Gasteiger partial charge in [-0.15, -0.1) is 11.3 Å². The monoisotopic (exact) mass is 307 g/mol. The summed E-state index contributed by atoms with van der Waals surface area (Å²) in [5.74, 6) is -1.90. The number of rotatable bonds is 6. The van der Waals surface area contributed by atoms with E-state index in [1.165, 1.54) is 7.05 Å². The number of aromatic carboxylic acids is 1. The number of carbonyl (C=O) groups excluding carboxylic acids is 1. The van der Waals surface area contributed by atoms with Crippen molar-refractivity contribution in [1.29, 1.82) is 0 Å². The van der Waals surface area contributed by atoms with Crippen molar-refractivity contribution < 1.29 is 23.1 Å². The fourth-order valence-corrected chi connectivity index (χ4v) is 3.97. The van der Waals surface area contributed by atoms with Crippen molar-refractivity contribution in [3.05, 3.63) is 11.2 Å². The molecule has 1 aromatic rings. The van der Waals surface area contributed by atoms with Crippen LogP contribution >= 0.6 is 11.3 Å². The summed E-state index contributed by atoms with van der Waals surface area (Å²) in [4.78, 5) is 25.7. The highest BCUT2D eigenvalue weighted by molar-refractivity contribution is 7.91. The van der Waals surface area contributed by atoms with E-state index in [1.54, 1.807) is 6.92 Å². The van der Waals surface area contributed by atoms with E-state index in [0.29, 0.717) is 11.3 Å². The number of thiazole rings is 1. The third-order valence-corrected chi connectivity index (χ3v) is 5.53. The zero-order valence-electron chi connectivity index (χ0n) is 10.3. The van der Waals surface area contributed by atoms with Gasteiger partial charge in [0.2, 0.25) is 5.91 Å². The zero-order chi connectivity index (χ0) is 14.6. The standard InChI is InChI=1S/C9H13N3O5S2/c1-3-12(4-6(13)10-2)19(16,17)9-7(8(14)15)11-5-18-9/h5H,3-4H2,1-2H3,(H,10,13)(H,14,15). The van der Waals surface area contributed by atoms with Crippen molar-refractivity contribution >= 4 is 33.2 Å². The van der Waals surface area contributed by atoms with Crippen molar-refractivity contribution in [2.75, 3.05) is 20.1 Å². The van der Waals surface area contributed by atoms with Gasteiger partial charge < -0.3 is 10.4 Å². The first kappa shape index (κ1) is 15.5. The Balaban J connectivity index is 3.17. The average Bonchev–Trinajstić information content (AvgIpc) is 2.85. The van der Waals surface area contributed by atoms with Crippen LogP contribution in [0, 0.1) is 0 Å². The molecule has 1 amide bonds. The van der Waals surface area contributed by atoms with Crippen LogP contribution in [0.25, 0.3) is 0 Å². The summed E-state index contributed by atoms with van der Waals surface area (Å²) in [5, 5.41) is 11.2. The Hall–Kier alpha value is -1.52. The molecule has 1 heterocycles. The van der Waals surface area contributed by atoms with Crippen LogP contribution < -0.4 is 5.32 Å². The van der Waals surface area contributed by atoms with E-state index in [-0.39, 0.29) is 17.3 Å². The predicted octanol–water partition coefficient (Wildman–Crippen LogP) is -0.402. The van der Waals surface area contributed by atoms with Gasteiger partial charge in [0.25, 0.3) is 10.0 Å². The van der Waals surface area contributed by atoms with E-state index in [2.05, 4.69) is 10.3 Å². The molecule has 0 spiro atoms. The minimum Gasteiger partial charge on any atom is -0.476 e. The number of carboxylic acids is 1. The van der Waals surface area contributed by atoms with Crippen molar-refractivity contribution in [3.63, 3.8) is 0 Å². The number of carbonyl (C=O) groups is 2. The molecule has 0 aromatic carbocycles. The van der Waals surface area contributed by atoms with E-state index in [4.69, 9.17) is 5.11 Å². The second-order valence-electron chi connectivity index (χ2n) is 3.40. The van der Waals surface area contributed by atoms with Gasteiger partial charge in [-0.05, 0) is 0 Å². The molecular weight excluding hydrogens is 294 g/mol. The number of carboxylic acid groups (broad SMARTS) is 1. The average molecular weight is 307 g/mol. The van der Waals surface area contributed by atoms with Crippen LogP contribution in [-0.2, 0) is 14.8 Å². The molecule has 1 aromatic heterocycles. The number of aromatic nitrogens is 1. The minimum atomic E-state index is -4.04. The van der Waals surface area contributed by atoms with Gasteiger partial charge in [-0.3, -0.25) is 4.79 Å². The Morgan fingerprint density at radius 3 is 2.63 bits per heavy atom. The summed E-state index contributed by atoms with van der Waals surface area (Å²) in [7, 11) is -2.65. The maximum Gasteiger partial charge on any atom is 0.356 e. The van der Waals surface area contributed by atoms with Gasteiger partial charge in [0.05, 0.1) is 12.1 Å². The topological polar surface area (TPSA) is 117 Å². The van der Waals surface area contributed by atoms with Gasteiger partial charge in [0.1, 0.15) is 0 Å². The highest BCUT2D eigenvalue weighted by Gasteiger charge is 2.31. The van der Waals surface area contributed by atoms with E-state index in [9.17, 15) is 18.0 Å². The second-order valence-corrected chi connectivity index (χ2v) is 6.39. The maximum absolute atomic E-state index is 12.3. The number of hydrogen-bond acceptors (Lipinski definition) is 6. The first-order valence-corrected chi connectivity index (χ1v) is 7.54. The van der Waals surface area contributed by atoms with Gasteiger partial charge in [-0.1, -0.05) is 6.92 Å². The largest absolute Gasteiger partial charge is 0.476 e. The number of nitrogens with one attached hydrogen (secondary N) is 1. The van der Waals surface area contributed by atoms with Crippen molar-refractivity contribution in [3.8, 4) is 0 Å². The van der Waals surface area contributed by atoms with Gasteiger partial charge in [0.15, 0.2) is 9.90 Å². The molecule has 2 N–H and O–H groups in total. The molecule has 0 fully saturated rings. The molecule has 0 bridgehead atoms. The van der Waals surface area contributed by atoms with Crippen LogP contribution in [0.3, 0.4) is 0 Å². The normalized spacial score (nSPS) is 11.5. The number of likely N-dealkylation sites (N-methyl/N-ethyl adjacent to an activating group) is 2. The number of sulfonamides is 1. The van der Waals surface area contributed by atoms with Crippen LogP contribution in [0.2, 0.25) is 0 Å². The summed E-state index contributed by atoms with van der Waals surface area (Å²) < 4.78 is 25.0. The summed E-state index contributed by atoms with van der Waals surface area (Å²) in [6, 6.07) is 0. The number of hydrogen-bond donors (Lipinski definition) is 2. The number of amides is 1. The lowest BCUT2D eigenvalue weighted by molar-refractivity contribution is -0.120. The lowest BCUT2D eigenvalue weighted by atomic mass is 10.5. The molecule has 0 aliphatic rings. The summed E-state index contributed by atoms with van der Waals surface area (Å²) in [6.07, 6.45) is 0. The first-order chi connectivity index (χ1) is 8.84. The van der Waals surface area contributed by atoms with E-state index >= 15 is 0 Å². The molecule has 0 saturated carbocycles. The maximum atomic E-state index is 12.3. The summed E-state index contributed by atoms with van der Waals surface area (Å²) in [5.41, 5.74) is 0.615. The zero-order valence-corrected chi connectivity index (χ0v) is 11.9. The molecule has 0 saturated heterocycles. The smallest absolute Gasteiger partial charge is 0.356 e. The second kappa shape index (κ2) is 6.08. The molecule has 8 nitrogen and oxygen atoms in total. The molecule has 1 rings (SSSR count). The van der Waals surface area contributed by atoms with E-state index in [0.717, 1.165) is 9.82 Å². The highest BCUT2D eigenvalue weighted by atomic mass is 32.2. The van der Waals surface area contributed by atoms with Gasteiger partial charge >= 0.3 is 5.97 Å². The van der Waals surface area contributed by atoms with Crippen LogP contribution in [0.5, 0.6) is 0 Å². The lowest BCUT2D eigenvalue weighted by Gasteiger charge is -2.18. The summed E-state index contributed by atoms with van der Waals surface area (Å²) >= 11 is 0.710. The van der Waals surface area contributed by atoms with Crippen LogP contribution in [0.4, 0.5) is 0 Å². The van der Waals surface area contributed by atoms with Crippen molar-refractivity contribution in [2.24, 2.45) is 0 Å². The first-order valence-electron chi connectivity index (χ1n) is 5.22. The highest BCUT2D eigenvalue weighted by Crippen LogP contribution is 2.23. The van der Waals surface area contributed by atoms with E-state index < -0.39 is 27.6 Å². The van der Waals surface area contributed by atoms with Gasteiger partial charge in [-0.2, -0.15) is 4.31 Å². The fourth-order valence-electron chi connectivity index (χ4n) is 1.28. The molecule has 10 heteroatoms. The van der Waals surface area contributed by atoms with Crippen LogP contribution in [0.1, 0.15) is 17.4 Å². The molecule has 106 valence electrons. The molecule has 0 aliphatic heterocycles.